The number of ether oxygens (including phenoxy) is 4. The van der Waals surface area contributed by atoms with Gasteiger partial charge in [-0.05, 0) is 12.1 Å². The number of epoxide rings is 1. The Morgan fingerprint density at radius 3 is 2.50 bits per heavy atom. The third kappa shape index (κ3) is 3.55. The zero-order valence-corrected chi connectivity index (χ0v) is 11.1. The number of hydrogen-bond donors (Lipinski definition) is 0. The van der Waals surface area contributed by atoms with Gasteiger partial charge in [-0.2, -0.15) is 13.2 Å². The fourth-order valence-corrected chi connectivity index (χ4v) is 1.76. The lowest BCUT2D eigenvalue weighted by molar-refractivity contribution is -0.225. The van der Waals surface area contributed by atoms with Gasteiger partial charge in [0, 0.05) is 11.6 Å². The summed E-state index contributed by atoms with van der Waals surface area (Å²) >= 11 is 0. The van der Waals surface area contributed by atoms with Gasteiger partial charge in [-0.15, -0.1) is 0 Å². The summed E-state index contributed by atoms with van der Waals surface area (Å²) in [7, 11) is 2.73. The van der Waals surface area contributed by atoms with Crippen molar-refractivity contribution in [1.29, 1.82) is 0 Å². The first-order valence-electron chi connectivity index (χ1n) is 5.97. The molecule has 7 heteroatoms. The van der Waals surface area contributed by atoms with Crippen molar-refractivity contribution in [3.05, 3.63) is 23.8 Å². The maximum absolute atomic E-state index is 13.1. The van der Waals surface area contributed by atoms with Crippen LogP contribution in [-0.4, -0.2) is 39.7 Å². The Kier molecular flexibility index (Phi) is 4.39. The Bertz CT molecular complexity index is 457. The SMILES string of the molecule is COc1ccc([C@H](OC[C@H]2CO2)C(F)(F)F)c(OC)c1. The normalized spacial score (nSPS) is 19.6. The molecule has 0 unspecified atom stereocenters. The zero-order valence-electron chi connectivity index (χ0n) is 11.1. The van der Waals surface area contributed by atoms with Crippen LogP contribution < -0.4 is 9.47 Å². The second-order valence-corrected chi connectivity index (χ2v) is 4.32. The van der Waals surface area contributed by atoms with Crippen LogP contribution in [0.25, 0.3) is 0 Å². The predicted octanol–water partition coefficient (Wildman–Crippen LogP) is 2.72. The van der Waals surface area contributed by atoms with Gasteiger partial charge in [-0.25, -0.2) is 0 Å². The molecule has 1 aliphatic heterocycles. The topological polar surface area (TPSA) is 40.2 Å². The average Bonchev–Trinajstić information content (AvgIpc) is 3.21. The van der Waals surface area contributed by atoms with Crippen LogP contribution >= 0.6 is 0 Å². The second-order valence-electron chi connectivity index (χ2n) is 4.32. The summed E-state index contributed by atoms with van der Waals surface area (Å²) < 4.78 is 59.1. The van der Waals surface area contributed by atoms with Gasteiger partial charge in [-0.3, -0.25) is 0 Å². The van der Waals surface area contributed by atoms with Gasteiger partial charge >= 0.3 is 6.18 Å². The van der Waals surface area contributed by atoms with Gasteiger partial charge in [0.05, 0.1) is 27.4 Å². The Labute approximate surface area is 114 Å². The Hall–Kier alpha value is -1.47. The summed E-state index contributed by atoms with van der Waals surface area (Å²) in [4.78, 5) is 0. The van der Waals surface area contributed by atoms with E-state index in [9.17, 15) is 13.2 Å². The molecular weight excluding hydrogens is 277 g/mol. The number of benzene rings is 1. The quantitative estimate of drug-likeness (QED) is 0.756. The number of hydrogen-bond acceptors (Lipinski definition) is 4. The molecule has 20 heavy (non-hydrogen) atoms. The van der Waals surface area contributed by atoms with Crippen molar-refractivity contribution in [2.75, 3.05) is 27.4 Å². The van der Waals surface area contributed by atoms with E-state index in [0.29, 0.717) is 12.4 Å². The smallest absolute Gasteiger partial charge is 0.418 e. The van der Waals surface area contributed by atoms with E-state index in [1.54, 1.807) is 0 Å². The molecular formula is C13H15F3O4. The number of rotatable bonds is 6. The zero-order chi connectivity index (χ0) is 14.8. The van der Waals surface area contributed by atoms with E-state index < -0.39 is 12.3 Å². The monoisotopic (exact) mass is 292 g/mol. The summed E-state index contributed by atoms with van der Waals surface area (Å²) in [5, 5.41) is 0. The molecule has 1 fully saturated rings. The molecule has 0 bridgehead atoms. The molecule has 1 aromatic carbocycles. The Morgan fingerprint density at radius 2 is 2.00 bits per heavy atom. The number of halogens is 3. The molecule has 1 aliphatic rings. The fourth-order valence-electron chi connectivity index (χ4n) is 1.76. The molecule has 1 heterocycles. The van der Waals surface area contributed by atoms with Crippen LogP contribution in [-0.2, 0) is 9.47 Å². The molecule has 0 radical (unpaired) electrons. The molecule has 0 aromatic heterocycles. The van der Waals surface area contributed by atoms with Crippen LogP contribution in [0.4, 0.5) is 13.2 Å². The molecule has 0 N–H and O–H groups in total. The minimum absolute atomic E-state index is 0.0726. The fraction of sp³-hybridized carbons (Fsp3) is 0.538. The average molecular weight is 292 g/mol. The van der Waals surface area contributed by atoms with E-state index in [2.05, 4.69) is 0 Å². The Morgan fingerprint density at radius 1 is 1.30 bits per heavy atom. The van der Waals surface area contributed by atoms with Crippen LogP contribution in [0, 0.1) is 0 Å². The molecule has 1 aromatic rings. The first-order chi connectivity index (χ1) is 9.45. The lowest BCUT2D eigenvalue weighted by atomic mass is 10.1. The summed E-state index contributed by atoms with van der Waals surface area (Å²) in [6.45, 7) is 0.337. The van der Waals surface area contributed by atoms with E-state index in [-0.39, 0.29) is 24.0 Å². The van der Waals surface area contributed by atoms with Crippen molar-refractivity contribution in [3.63, 3.8) is 0 Å². The minimum Gasteiger partial charge on any atom is -0.497 e. The van der Waals surface area contributed by atoms with Crippen molar-refractivity contribution in [2.45, 2.75) is 18.4 Å². The maximum atomic E-state index is 13.1. The summed E-state index contributed by atoms with van der Waals surface area (Å²) in [6, 6.07) is 4.13. The summed E-state index contributed by atoms with van der Waals surface area (Å²) in [5.74, 6) is 0.487. The van der Waals surface area contributed by atoms with Gasteiger partial charge in [0.1, 0.15) is 17.6 Å². The first kappa shape index (κ1) is 14.9. The Balaban J connectivity index is 2.26. The van der Waals surface area contributed by atoms with Crippen molar-refractivity contribution < 1.29 is 32.1 Å². The molecule has 112 valence electrons. The molecule has 0 aliphatic carbocycles. The largest absolute Gasteiger partial charge is 0.497 e. The molecule has 2 atom stereocenters. The number of alkyl halides is 3. The molecule has 4 nitrogen and oxygen atoms in total. The van der Waals surface area contributed by atoms with Crippen LogP contribution in [0.1, 0.15) is 11.7 Å². The summed E-state index contributed by atoms with van der Waals surface area (Å²) in [5.41, 5.74) is -0.0820. The van der Waals surface area contributed by atoms with Gasteiger partial charge in [0.25, 0.3) is 0 Å². The van der Waals surface area contributed by atoms with E-state index in [0.717, 1.165) is 0 Å². The molecule has 0 saturated carbocycles. The highest BCUT2D eigenvalue weighted by molar-refractivity contribution is 5.42. The van der Waals surface area contributed by atoms with Gasteiger partial charge in [0.2, 0.25) is 0 Å². The van der Waals surface area contributed by atoms with E-state index in [1.807, 2.05) is 0 Å². The predicted molar refractivity (Wildman–Crippen MR) is 64.0 cm³/mol. The van der Waals surface area contributed by atoms with Crippen molar-refractivity contribution in [1.82, 2.24) is 0 Å². The second kappa shape index (κ2) is 5.88. The lowest BCUT2D eigenvalue weighted by Crippen LogP contribution is -2.25. The molecule has 0 spiro atoms. The highest BCUT2D eigenvalue weighted by Crippen LogP contribution is 2.41. The summed E-state index contributed by atoms with van der Waals surface area (Å²) in [6.07, 6.45) is -6.83. The maximum Gasteiger partial charge on any atom is 0.418 e. The standard InChI is InChI=1S/C13H15F3O4/c1-17-8-3-4-10(11(5-8)18-2)12(13(14,15)16)20-7-9-6-19-9/h3-5,9,12H,6-7H2,1-2H3/t9-,12+/m1/s1. The van der Waals surface area contributed by atoms with Crippen LogP contribution in [0.2, 0.25) is 0 Å². The van der Waals surface area contributed by atoms with Gasteiger partial charge in [0.15, 0.2) is 6.10 Å². The van der Waals surface area contributed by atoms with E-state index >= 15 is 0 Å². The molecule has 0 amide bonds. The third-order valence-corrected chi connectivity index (χ3v) is 2.87. The van der Waals surface area contributed by atoms with Crippen LogP contribution in [0.3, 0.4) is 0 Å². The van der Waals surface area contributed by atoms with Crippen LogP contribution in [0.15, 0.2) is 18.2 Å². The highest BCUT2D eigenvalue weighted by Gasteiger charge is 2.44. The van der Waals surface area contributed by atoms with Crippen molar-refractivity contribution in [2.24, 2.45) is 0 Å². The van der Waals surface area contributed by atoms with Crippen LogP contribution in [0.5, 0.6) is 11.5 Å². The first-order valence-corrected chi connectivity index (χ1v) is 5.97. The third-order valence-electron chi connectivity index (χ3n) is 2.87. The highest BCUT2D eigenvalue weighted by atomic mass is 19.4. The van der Waals surface area contributed by atoms with Gasteiger partial charge < -0.3 is 18.9 Å². The molecule has 2 rings (SSSR count). The van der Waals surface area contributed by atoms with E-state index in [1.165, 1.54) is 32.4 Å². The minimum atomic E-state index is -4.53. The van der Waals surface area contributed by atoms with Crippen molar-refractivity contribution >= 4 is 0 Å². The van der Waals surface area contributed by atoms with Gasteiger partial charge in [-0.1, -0.05) is 0 Å². The van der Waals surface area contributed by atoms with E-state index in [4.69, 9.17) is 18.9 Å². The molecule has 1 saturated heterocycles. The van der Waals surface area contributed by atoms with Crippen molar-refractivity contribution in [3.8, 4) is 11.5 Å². The number of methoxy groups -OCH3 is 2. The lowest BCUT2D eigenvalue weighted by Gasteiger charge is -2.23.